The predicted octanol–water partition coefficient (Wildman–Crippen LogP) is -1.01. The standard InChI is InChI=1S/C7H9N5O2/c1-8-6-9-3-4(10-6)12(2)7(14)11-5(3)13/h1-2H3,(H2,8,9,10)(H,11,13,14). The van der Waals surface area contributed by atoms with E-state index in [-0.39, 0.29) is 5.52 Å². The first kappa shape index (κ1) is 8.54. The number of imidazole rings is 1. The van der Waals surface area contributed by atoms with Gasteiger partial charge in [-0.2, -0.15) is 4.98 Å². The third kappa shape index (κ3) is 1.02. The first-order valence-electron chi connectivity index (χ1n) is 4.00. The summed E-state index contributed by atoms with van der Waals surface area (Å²) < 4.78 is 1.27. The molecule has 2 aromatic rings. The van der Waals surface area contributed by atoms with Crippen LogP contribution in [0.1, 0.15) is 0 Å². The molecule has 2 heterocycles. The average Bonchev–Trinajstić information content (AvgIpc) is 2.58. The molecule has 0 fully saturated rings. The van der Waals surface area contributed by atoms with Crippen LogP contribution >= 0.6 is 0 Å². The fourth-order valence-electron chi connectivity index (χ4n) is 1.22. The Balaban J connectivity index is 2.99. The lowest BCUT2D eigenvalue weighted by atomic mass is 10.5. The number of anilines is 1. The first-order chi connectivity index (χ1) is 6.63. The molecule has 2 rings (SSSR count). The van der Waals surface area contributed by atoms with Gasteiger partial charge in [0, 0.05) is 14.1 Å². The zero-order chi connectivity index (χ0) is 10.3. The largest absolute Gasteiger partial charge is 0.359 e. The Labute approximate surface area is 77.8 Å². The first-order valence-corrected chi connectivity index (χ1v) is 4.00. The molecule has 0 saturated carbocycles. The number of rotatable bonds is 1. The molecular formula is C7H9N5O2. The molecule has 0 radical (unpaired) electrons. The van der Waals surface area contributed by atoms with Gasteiger partial charge in [0.25, 0.3) is 5.56 Å². The molecule has 7 nitrogen and oxygen atoms in total. The number of nitrogens with zero attached hydrogens (tertiary/aromatic N) is 2. The minimum Gasteiger partial charge on any atom is -0.359 e. The summed E-state index contributed by atoms with van der Waals surface area (Å²) in [7, 11) is 3.21. The Morgan fingerprint density at radius 3 is 2.71 bits per heavy atom. The highest BCUT2D eigenvalue weighted by Crippen LogP contribution is 2.06. The van der Waals surface area contributed by atoms with Crippen molar-refractivity contribution >= 4 is 17.1 Å². The van der Waals surface area contributed by atoms with Gasteiger partial charge < -0.3 is 10.3 Å². The number of fused-ring (bicyclic) bond motifs is 1. The molecule has 0 aliphatic heterocycles. The smallest absolute Gasteiger partial charge is 0.329 e. The molecule has 0 aliphatic rings. The lowest BCUT2D eigenvalue weighted by Crippen LogP contribution is -2.28. The molecular weight excluding hydrogens is 186 g/mol. The third-order valence-corrected chi connectivity index (χ3v) is 1.99. The Morgan fingerprint density at radius 2 is 2.07 bits per heavy atom. The van der Waals surface area contributed by atoms with E-state index in [0.29, 0.717) is 11.6 Å². The van der Waals surface area contributed by atoms with Gasteiger partial charge in [-0.1, -0.05) is 0 Å². The fraction of sp³-hybridized carbons (Fsp3) is 0.286. The zero-order valence-electron chi connectivity index (χ0n) is 7.71. The maximum atomic E-state index is 11.3. The molecule has 0 unspecified atom stereocenters. The van der Waals surface area contributed by atoms with E-state index in [1.54, 1.807) is 14.1 Å². The summed E-state index contributed by atoms with van der Waals surface area (Å²) in [6.45, 7) is 0. The third-order valence-electron chi connectivity index (χ3n) is 1.99. The topological polar surface area (TPSA) is 95.6 Å². The maximum Gasteiger partial charge on any atom is 0.329 e. The summed E-state index contributed by atoms with van der Waals surface area (Å²) in [5.41, 5.74) is -0.312. The van der Waals surface area contributed by atoms with Crippen LogP contribution < -0.4 is 16.6 Å². The lowest BCUT2D eigenvalue weighted by molar-refractivity contribution is 0.832. The second kappa shape index (κ2) is 2.72. The molecule has 0 amide bonds. The maximum absolute atomic E-state index is 11.3. The van der Waals surface area contributed by atoms with Crippen LogP contribution in [0.4, 0.5) is 5.95 Å². The van der Waals surface area contributed by atoms with Crippen molar-refractivity contribution in [1.82, 2.24) is 19.5 Å². The Kier molecular flexibility index (Phi) is 1.66. The number of hydrogen-bond acceptors (Lipinski definition) is 4. The van der Waals surface area contributed by atoms with E-state index in [2.05, 4.69) is 20.3 Å². The van der Waals surface area contributed by atoms with Crippen molar-refractivity contribution in [3.8, 4) is 0 Å². The van der Waals surface area contributed by atoms with Crippen LogP contribution in [0.15, 0.2) is 9.59 Å². The molecule has 3 N–H and O–H groups in total. The highest BCUT2D eigenvalue weighted by Gasteiger charge is 2.08. The summed E-state index contributed by atoms with van der Waals surface area (Å²) in [6, 6.07) is 0. The van der Waals surface area contributed by atoms with Crippen molar-refractivity contribution < 1.29 is 0 Å². The van der Waals surface area contributed by atoms with Crippen molar-refractivity contribution in [3.63, 3.8) is 0 Å². The van der Waals surface area contributed by atoms with Crippen LogP contribution in [0.2, 0.25) is 0 Å². The van der Waals surface area contributed by atoms with Gasteiger partial charge in [-0.3, -0.25) is 14.3 Å². The van der Waals surface area contributed by atoms with E-state index in [0.717, 1.165) is 0 Å². The van der Waals surface area contributed by atoms with E-state index in [1.807, 2.05) is 0 Å². The lowest BCUT2D eigenvalue weighted by Gasteiger charge is -1.94. The second-order valence-electron chi connectivity index (χ2n) is 2.85. The van der Waals surface area contributed by atoms with Gasteiger partial charge in [0.1, 0.15) is 0 Å². The van der Waals surface area contributed by atoms with Gasteiger partial charge in [-0.25, -0.2) is 4.79 Å². The van der Waals surface area contributed by atoms with Gasteiger partial charge in [-0.15, -0.1) is 0 Å². The normalized spacial score (nSPS) is 10.7. The predicted molar refractivity (Wildman–Crippen MR) is 51.5 cm³/mol. The quantitative estimate of drug-likeness (QED) is 0.543. The Hall–Kier alpha value is -2.05. The van der Waals surface area contributed by atoms with Gasteiger partial charge in [0.2, 0.25) is 5.95 Å². The molecule has 0 aliphatic carbocycles. The van der Waals surface area contributed by atoms with Crippen LogP contribution in [-0.4, -0.2) is 26.6 Å². The molecule has 7 heteroatoms. The van der Waals surface area contributed by atoms with Crippen LogP contribution in [0.3, 0.4) is 0 Å². The molecule has 0 bridgehead atoms. The minimum absolute atomic E-state index is 0.288. The number of aromatic amines is 2. The molecule has 0 atom stereocenters. The number of aromatic nitrogens is 4. The van der Waals surface area contributed by atoms with E-state index >= 15 is 0 Å². The number of nitrogens with one attached hydrogen (secondary N) is 3. The summed E-state index contributed by atoms with van der Waals surface area (Å²) in [5.74, 6) is 0.451. The van der Waals surface area contributed by atoms with Gasteiger partial charge in [-0.05, 0) is 0 Å². The SMILES string of the molecule is CNc1nc2c([nH]1)c(=O)[nH]c(=O)n2C. The molecule has 14 heavy (non-hydrogen) atoms. The van der Waals surface area contributed by atoms with E-state index in [1.165, 1.54) is 4.57 Å². The van der Waals surface area contributed by atoms with Crippen molar-refractivity contribution in [1.29, 1.82) is 0 Å². The Morgan fingerprint density at radius 1 is 1.36 bits per heavy atom. The molecule has 0 spiro atoms. The van der Waals surface area contributed by atoms with Crippen LogP contribution in [-0.2, 0) is 7.05 Å². The van der Waals surface area contributed by atoms with Crippen LogP contribution in [0, 0.1) is 0 Å². The molecule has 74 valence electrons. The van der Waals surface area contributed by atoms with Crippen molar-refractivity contribution in [2.45, 2.75) is 0 Å². The zero-order valence-corrected chi connectivity index (χ0v) is 7.71. The van der Waals surface area contributed by atoms with E-state index in [9.17, 15) is 9.59 Å². The second-order valence-corrected chi connectivity index (χ2v) is 2.85. The molecule has 0 aromatic carbocycles. The van der Waals surface area contributed by atoms with Gasteiger partial charge >= 0.3 is 5.69 Å². The highest BCUT2D eigenvalue weighted by atomic mass is 16.2. The Bertz CT molecular complexity index is 590. The van der Waals surface area contributed by atoms with Gasteiger partial charge in [0.15, 0.2) is 11.2 Å². The summed E-state index contributed by atoms with van der Waals surface area (Å²) in [4.78, 5) is 31.5. The minimum atomic E-state index is -0.475. The number of H-pyrrole nitrogens is 2. The average molecular weight is 195 g/mol. The molecule has 0 saturated heterocycles. The highest BCUT2D eigenvalue weighted by molar-refractivity contribution is 5.72. The summed E-state index contributed by atoms with van der Waals surface area (Å²) >= 11 is 0. The summed E-state index contributed by atoms with van der Waals surface area (Å²) in [6.07, 6.45) is 0. The van der Waals surface area contributed by atoms with E-state index < -0.39 is 11.2 Å². The van der Waals surface area contributed by atoms with Crippen LogP contribution in [0.5, 0.6) is 0 Å². The molecule has 2 aromatic heterocycles. The van der Waals surface area contributed by atoms with Crippen LogP contribution in [0.25, 0.3) is 11.2 Å². The summed E-state index contributed by atoms with van der Waals surface area (Å²) in [5, 5.41) is 2.76. The van der Waals surface area contributed by atoms with Crippen molar-refractivity contribution in [2.75, 3.05) is 12.4 Å². The monoisotopic (exact) mass is 195 g/mol. The number of hydrogen-bond donors (Lipinski definition) is 3. The van der Waals surface area contributed by atoms with Gasteiger partial charge in [0.05, 0.1) is 0 Å². The van der Waals surface area contributed by atoms with Crippen molar-refractivity contribution in [2.24, 2.45) is 7.05 Å². The van der Waals surface area contributed by atoms with E-state index in [4.69, 9.17) is 0 Å². The fourth-order valence-corrected chi connectivity index (χ4v) is 1.22. The number of aryl methyl sites for hydroxylation is 1. The van der Waals surface area contributed by atoms with Crippen molar-refractivity contribution in [3.05, 3.63) is 20.8 Å².